The number of guanidine groups is 1. The van der Waals surface area contributed by atoms with Gasteiger partial charge in [-0.15, -0.1) is 11.8 Å². The van der Waals surface area contributed by atoms with E-state index >= 15 is 0 Å². The molecule has 3 nitrogen and oxygen atoms in total. The van der Waals surface area contributed by atoms with Crippen molar-refractivity contribution in [3.05, 3.63) is 29.6 Å². The fourth-order valence-corrected chi connectivity index (χ4v) is 3.12. The number of nitrogens with one attached hydrogen (secondary N) is 2. The van der Waals surface area contributed by atoms with Crippen molar-refractivity contribution in [1.82, 2.24) is 10.6 Å². The number of thioether (sulfide) groups is 1. The monoisotopic (exact) mass is 295 g/mol. The summed E-state index contributed by atoms with van der Waals surface area (Å²) in [6.45, 7) is 0.584. The molecule has 1 fully saturated rings. The van der Waals surface area contributed by atoms with Crippen molar-refractivity contribution >= 4 is 17.7 Å². The van der Waals surface area contributed by atoms with Crippen molar-refractivity contribution in [3.63, 3.8) is 0 Å². The summed E-state index contributed by atoms with van der Waals surface area (Å²) in [5.74, 6) is 0.603. The highest BCUT2D eigenvalue weighted by Gasteiger charge is 2.16. The fraction of sp³-hybridized carbons (Fsp3) is 0.533. The second-order valence-corrected chi connectivity index (χ2v) is 5.86. The van der Waals surface area contributed by atoms with Crippen LogP contribution in [0.4, 0.5) is 4.39 Å². The molecule has 110 valence electrons. The Morgan fingerprint density at radius 3 is 2.80 bits per heavy atom. The predicted octanol–water partition coefficient (Wildman–Crippen LogP) is 3.16. The predicted molar refractivity (Wildman–Crippen MR) is 83.8 cm³/mol. The molecule has 0 bridgehead atoms. The summed E-state index contributed by atoms with van der Waals surface area (Å²) in [4.78, 5) is 5.33. The van der Waals surface area contributed by atoms with Crippen LogP contribution in [0, 0.1) is 5.82 Å². The zero-order valence-corrected chi connectivity index (χ0v) is 12.9. The minimum atomic E-state index is -0.196. The minimum absolute atomic E-state index is 0.196. The summed E-state index contributed by atoms with van der Waals surface area (Å²) < 4.78 is 13.3. The summed E-state index contributed by atoms with van der Waals surface area (Å²) in [5.41, 5.74) is 0.965. The van der Waals surface area contributed by atoms with Gasteiger partial charge in [-0.2, -0.15) is 0 Å². The van der Waals surface area contributed by atoms with E-state index in [2.05, 4.69) is 15.6 Å². The van der Waals surface area contributed by atoms with Gasteiger partial charge in [0.1, 0.15) is 5.82 Å². The third-order valence-electron chi connectivity index (χ3n) is 3.61. The van der Waals surface area contributed by atoms with Crippen LogP contribution >= 0.6 is 11.8 Å². The Labute approximate surface area is 124 Å². The molecule has 2 N–H and O–H groups in total. The smallest absolute Gasteiger partial charge is 0.191 e. The van der Waals surface area contributed by atoms with Gasteiger partial charge >= 0.3 is 0 Å². The van der Waals surface area contributed by atoms with Crippen LogP contribution < -0.4 is 10.6 Å². The summed E-state index contributed by atoms with van der Waals surface area (Å²) >= 11 is 1.63. The van der Waals surface area contributed by atoms with Crippen molar-refractivity contribution in [1.29, 1.82) is 0 Å². The zero-order valence-electron chi connectivity index (χ0n) is 12.1. The largest absolute Gasteiger partial charge is 0.354 e. The molecule has 0 aromatic heterocycles. The molecule has 0 heterocycles. The van der Waals surface area contributed by atoms with E-state index in [1.54, 1.807) is 24.9 Å². The molecule has 1 aliphatic rings. The van der Waals surface area contributed by atoms with E-state index < -0.39 is 0 Å². The third-order valence-corrected chi connectivity index (χ3v) is 4.45. The molecular weight excluding hydrogens is 273 g/mol. The lowest BCUT2D eigenvalue weighted by Crippen LogP contribution is -2.42. The van der Waals surface area contributed by atoms with Gasteiger partial charge in [0.2, 0.25) is 0 Å². The molecule has 0 aliphatic heterocycles. The van der Waals surface area contributed by atoms with Gasteiger partial charge in [-0.05, 0) is 42.9 Å². The maximum Gasteiger partial charge on any atom is 0.191 e. The first-order valence-corrected chi connectivity index (χ1v) is 8.25. The van der Waals surface area contributed by atoms with Gasteiger partial charge in [-0.3, -0.25) is 4.99 Å². The average molecular weight is 295 g/mol. The molecule has 0 atom stereocenters. The number of hydrogen-bond donors (Lipinski definition) is 2. The normalized spacial score (nSPS) is 16.4. The summed E-state index contributed by atoms with van der Waals surface area (Å²) in [6.07, 6.45) is 6.99. The Hall–Kier alpha value is -1.23. The molecule has 0 amide bonds. The first-order chi connectivity index (χ1) is 9.72. The second-order valence-electron chi connectivity index (χ2n) is 5.01. The first-order valence-electron chi connectivity index (χ1n) is 7.02. The van der Waals surface area contributed by atoms with Gasteiger partial charge in [0, 0.05) is 24.5 Å². The maximum atomic E-state index is 13.3. The SMILES string of the molecule is CN=C(NCc1cc(F)ccc1SC)NC1CCCC1. The topological polar surface area (TPSA) is 36.4 Å². The molecule has 0 unspecified atom stereocenters. The van der Waals surface area contributed by atoms with Crippen molar-refractivity contribution in [2.24, 2.45) is 4.99 Å². The van der Waals surface area contributed by atoms with E-state index in [-0.39, 0.29) is 5.82 Å². The lowest BCUT2D eigenvalue weighted by molar-refractivity contribution is 0.609. The van der Waals surface area contributed by atoms with Gasteiger partial charge in [0.05, 0.1) is 0 Å². The van der Waals surface area contributed by atoms with Crippen LogP contribution in [-0.2, 0) is 6.54 Å². The van der Waals surface area contributed by atoms with Crippen LogP contribution in [-0.4, -0.2) is 25.3 Å². The molecule has 1 aromatic rings. The molecule has 20 heavy (non-hydrogen) atoms. The van der Waals surface area contributed by atoms with Gasteiger partial charge < -0.3 is 10.6 Å². The number of hydrogen-bond acceptors (Lipinski definition) is 2. The Balaban J connectivity index is 1.94. The van der Waals surface area contributed by atoms with Gasteiger partial charge in [0.15, 0.2) is 5.96 Å². The van der Waals surface area contributed by atoms with Crippen LogP contribution in [0.15, 0.2) is 28.1 Å². The van der Waals surface area contributed by atoms with Crippen molar-refractivity contribution < 1.29 is 4.39 Å². The summed E-state index contributed by atoms with van der Waals surface area (Å²) in [5, 5.41) is 6.70. The van der Waals surface area contributed by atoms with Crippen LogP contribution in [0.2, 0.25) is 0 Å². The van der Waals surface area contributed by atoms with E-state index in [0.717, 1.165) is 16.4 Å². The lowest BCUT2D eigenvalue weighted by Gasteiger charge is -2.17. The van der Waals surface area contributed by atoms with Gasteiger partial charge in [-0.1, -0.05) is 12.8 Å². The standard InChI is InChI=1S/C15H22FN3S/c1-17-15(19-13-5-3-4-6-13)18-10-11-9-12(16)7-8-14(11)20-2/h7-9,13H,3-6,10H2,1-2H3,(H2,17,18,19). The number of benzene rings is 1. The molecule has 0 radical (unpaired) electrons. The van der Waals surface area contributed by atoms with E-state index in [4.69, 9.17) is 0 Å². The van der Waals surface area contributed by atoms with Crippen LogP contribution in [0.5, 0.6) is 0 Å². The summed E-state index contributed by atoms with van der Waals surface area (Å²) in [7, 11) is 1.77. The molecule has 2 rings (SSSR count). The lowest BCUT2D eigenvalue weighted by atomic mass is 10.2. The van der Waals surface area contributed by atoms with Crippen LogP contribution in [0.1, 0.15) is 31.2 Å². The number of nitrogens with zero attached hydrogens (tertiary/aromatic N) is 1. The van der Waals surface area contributed by atoms with E-state index in [9.17, 15) is 4.39 Å². The zero-order chi connectivity index (χ0) is 14.4. The summed E-state index contributed by atoms with van der Waals surface area (Å²) in [6, 6.07) is 5.43. The highest BCUT2D eigenvalue weighted by atomic mass is 32.2. The molecule has 1 aliphatic carbocycles. The van der Waals surface area contributed by atoms with Crippen molar-refractivity contribution in [2.75, 3.05) is 13.3 Å². The van der Waals surface area contributed by atoms with Crippen LogP contribution in [0.25, 0.3) is 0 Å². The minimum Gasteiger partial charge on any atom is -0.354 e. The van der Waals surface area contributed by atoms with Crippen molar-refractivity contribution in [2.45, 2.75) is 43.2 Å². The Bertz CT molecular complexity index is 470. The Morgan fingerprint density at radius 1 is 1.40 bits per heavy atom. The first kappa shape index (κ1) is 15.2. The van der Waals surface area contributed by atoms with Crippen LogP contribution in [0.3, 0.4) is 0 Å². The molecular formula is C15H22FN3S. The average Bonchev–Trinajstić information content (AvgIpc) is 2.96. The molecule has 5 heteroatoms. The Morgan fingerprint density at radius 2 is 2.15 bits per heavy atom. The third kappa shape index (κ3) is 4.13. The van der Waals surface area contributed by atoms with Gasteiger partial charge in [-0.25, -0.2) is 4.39 Å². The fourth-order valence-electron chi connectivity index (χ4n) is 2.52. The second kappa shape index (κ2) is 7.53. The number of halogens is 1. The quantitative estimate of drug-likeness (QED) is 0.509. The van der Waals surface area contributed by atoms with E-state index in [1.165, 1.54) is 31.7 Å². The van der Waals surface area contributed by atoms with E-state index in [1.807, 2.05) is 12.3 Å². The number of aliphatic imine (C=N–C) groups is 1. The molecule has 1 aromatic carbocycles. The highest BCUT2D eigenvalue weighted by Crippen LogP contribution is 2.21. The number of rotatable bonds is 4. The highest BCUT2D eigenvalue weighted by molar-refractivity contribution is 7.98. The van der Waals surface area contributed by atoms with E-state index in [0.29, 0.717) is 12.6 Å². The Kier molecular flexibility index (Phi) is 5.71. The maximum absolute atomic E-state index is 13.3. The van der Waals surface area contributed by atoms with Crippen molar-refractivity contribution in [3.8, 4) is 0 Å². The molecule has 0 saturated heterocycles. The molecule has 1 saturated carbocycles. The molecule has 0 spiro atoms. The van der Waals surface area contributed by atoms with Gasteiger partial charge in [0.25, 0.3) is 0 Å².